The zero-order valence-electron chi connectivity index (χ0n) is 12.4. The van der Waals surface area contributed by atoms with Crippen LogP contribution < -0.4 is 10.5 Å². The summed E-state index contributed by atoms with van der Waals surface area (Å²) in [7, 11) is 3.70. The molecular weight excluding hydrogens is 240 g/mol. The topological polar surface area (TPSA) is 58.7 Å². The lowest BCUT2D eigenvalue weighted by Crippen LogP contribution is -2.35. The van der Waals surface area contributed by atoms with E-state index in [0.717, 1.165) is 18.7 Å². The Bertz CT molecular complexity index is 407. The monoisotopic (exact) mass is 266 g/mol. The number of hydrogen-bond acceptors (Lipinski definition) is 4. The van der Waals surface area contributed by atoms with Crippen molar-refractivity contribution in [1.29, 1.82) is 0 Å². The second-order valence-electron chi connectivity index (χ2n) is 5.15. The number of aliphatic hydroxyl groups excluding tert-OH is 1. The second kappa shape index (κ2) is 7.48. The summed E-state index contributed by atoms with van der Waals surface area (Å²) in [5.74, 6) is 0.941. The van der Waals surface area contributed by atoms with E-state index in [1.807, 2.05) is 7.05 Å². The van der Waals surface area contributed by atoms with E-state index in [4.69, 9.17) is 10.5 Å². The summed E-state index contributed by atoms with van der Waals surface area (Å²) in [5.41, 5.74) is 9.14. The molecule has 0 fully saturated rings. The van der Waals surface area contributed by atoms with Gasteiger partial charge in [-0.2, -0.15) is 0 Å². The van der Waals surface area contributed by atoms with E-state index in [0.29, 0.717) is 13.1 Å². The van der Waals surface area contributed by atoms with Crippen LogP contribution in [0.1, 0.15) is 16.7 Å². The van der Waals surface area contributed by atoms with Crippen LogP contribution in [0.15, 0.2) is 12.1 Å². The van der Waals surface area contributed by atoms with Crippen LogP contribution in [0.2, 0.25) is 0 Å². The van der Waals surface area contributed by atoms with Crippen LogP contribution in [0, 0.1) is 13.8 Å². The zero-order chi connectivity index (χ0) is 14.4. The smallest absolute Gasteiger partial charge is 0.122 e. The van der Waals surface area contributed by atoms with Crippen molar-refractivity contribution in [3.05, 3.63) is 28.8 Å². The minimum Gasteiger partial charge on any atom is -0.496 e. The molecule has 108 valence electrons. The summed E-state index contributed by atoms with van der Waals surface area (Å²) in [5, 5.41) is 9.52. The van der Waals surface area contributed by atoms with Gasteiger partial charge in [-0.3, -0.25) is 0 Å². The molecule has 0 radical (unpaired) electrons. The molecule has 0 saturated carbocycles. The maximum absolute atomic E-state index is 9.52. The average molecular weight is 266 g/mol. The SMILES string of the molecule is COc1cc(C)c(C)cc1CCN(C)CC(O)CN. The lowest BCUT2D eigenvalue weighted by molar-refractivity contribution is 0.133. The molecule has 3 N–H and O–H groups in total. The van der Waals surface area contributed by atoms with Crippen molar-refractivity contribution in [2.75, 3.05) is 33.8 Å². The molecule has 1 aromatic carbocycles. The van der Waals surface area contributed by atoms with Crippen molar-refractivity contribution in [1.82, 2.24) is 4.90 Å². The van der Waals surface area contributed by atoms with Gasteiger partial charge in [0.25, 0.3) is 0 Å². The molecule has 19 heavy (non-hydrogen) atoms. The minimum atomic E-state index is -0.452. The van der Waals surface area contributed by atoms with Crippen molar-refractivity contribution in [3.8, 4) is 5.75 Å². The molecule has 4 nitrogen and oxygen atoms in total. The molecule has 0 aliphatic carbocycles. The van der Waals surface area contributed by atoms with Crippen LogP contribution in [0.3, 0.4) is 0 Å². The largest absolute Gasteiger partial charge is 0.496 e. The number of aliphatic hydroxyl groups is 1. The van der Waals surface area contributed by atoms with Crippen molar-refractivity contribution in [2.45, 2.75) is 26.4 Å². The standard InChI is InChI=1S/C15H26N2O2/c1-11-7-13(15(19-4)8-12(11)2)5-6-17(3)10-14(18)9-16/h7-8,14,18H,5-6,9-10,16H2,1-4H3. The highest BCUT2D eigenvalue weighted by molar-refractivity contribution is 5.41. The molecule has 0 saturated heterocycles. The van der Waals surface area contributed by atoms with Crippen LogP contribution in [0.5, 0.6) is 5.75 Å². The van der Waals surface area contributed by atoms with Crippen LogP contribution in [0.4, 0.5) is 0 Å². The van der Waals surface area contributed by atoms with E-state index in [1.165, 1.54) is 16.7 Å². The highest BCUT2D eigenvalue weighted by Gasteiger charge is 2.09. The Morgan fingerprint density at radius 1 is 1.32 bits per heavy atom. The van der Waals surface area contributed by atoms with Gasteiger partial charge in [-0.25, -0.2) is 0 Å². The van der Waals surface area contributed by atoms with Crippen molar-refractivity contribution in [2.24, 2.45) is 5.73 Å². The fourth-order valence-corrected chi connectivity index (χ4v) is 2.07. The molecular formula is C15H26N2O2. The Balaban J connectivity index is 2.64. The van der Waals surface area contributed by atoms with Gasteiger partial charge >= 0.3 is 0 Å². The van der Waals surface area contributed by atoms with E-state index >= 15 is 0 Å². The molecule has 0 spiro atoms. The van der Waals surface area contributed by atoms with Gasteiger partial charge < -0.3 is 20.5 Å². The molecule has 0 aliphatic heterocycles. The maximum Gasteiger partial charge on any atom is 0.122 e. The number of aryl methyl sites for hydroxylation is 2. The molecule has 1 unspecified atom stereocenters. The highest BCUT2D eigenvalue weighted by atomic mass is 16.5. The third-order valence-electron chi connectivity index (χ3n) is 3.45. The van der Waals surface area contributed by atoms with E-state index in [9.17, 15) is 5.11 Å². The number of rotatable bonds is 7. The highest BCUT2D eigenvalue weighted by Crippen LogP contribution is 2.23. The lowest BCUT2D eigenvalue weighted by Gasteiger charge is -2.20. The van der Waals surface area contributed by atoms with Crippen LogP contribution in [0.25, 0.3) is 0 Å². The number of ether oxygens (including phenoxy) is 1. The molecule has 1 atom stereocenters. The number of benzene rings is 1. The normalized spacial score (nSPS) is 12.8. The Morgan fingerprint density at radius 3 is 2.53 bits per heavy atom. The average Bonchev–Trinajstić information content (AvgIpc) is 2.39. The van der Waals surface area contributed by atoms with Gasteiger partial charge in [-0.15, -0.1) is 0 Å². The van der Waals surface area contributed by atoms with Gasteiger partial charge in [0.05, 0.1) is 13.2 Å². The first kappa shape index (κ1) is 16.0. The van der Waals surface area contributed by atoms with E-state index < -0.39 is 6.10 Å². The van der Waals surface area contributed by atoms with E-state index in [1.54, 1.807) is 7.11 Å². The van der Waals surface area contributed by atoms with Gasteiger partial charge in [-0.05, 0) is 50.1 Å². The number of nitrogens with zero attached hydrogens (tertiary/aromatic N) is 1. The van der Waals surface area contributed by atoms with Crippen molar-refractivity contribution < 1.29 is 9.84 Å². The van der Waals surface area contributed by atoms with Crippen LogP contribution in [-0.4, -0.2) is 49.9 Å². The zero-order valence-corrected chi connectivity index (χ0v) is 12.4. The van der Waals surface area contributed by atoms with Gasteiger partial charge in [-0.1, -0.05) is 6.07 Å². The van der Waals surface area contributed by atoms with Gasteiger partial charge in [0.1, 0.15) is 5.75 Å². The van der Waals surface area contributed by atoms with Crippen LogP contribution in [-0.2, 0) is 6.42 Å². The maximum atomic E-state index is 9.52. The summed E-state index contributed by atoms with van der Waals surface area (Å²) in [6.45, 7) is 5.97. The first-order valence-corrected chi connectivity index (χ1v) is 6.68. The predicted octanol–water partition coefficient (Wildman–Crippen LogP) is 1.11. The van der Waals surface area contributed by atoms with E-state index in [-0.39, 0.29) is 0 Å². The van der Waals surface area contributed by atoms with Gasteiger partial charge in [0.15, 0.2) is 0 Å². The summed E-state index contributed by atoms with van der Waals surface area (Å²) in [6, 6.07) is 4.26. The number of nitrogens with two attached hydrogens (primary N) is 1. The molecule has 1 rings (SSSR count). The Morgan fingerprint density at radius 2 is 1.95 bits per heavy atom. The molecule has 0 aromatic heterocycles. The molecule has 4 heteroatoms. The fraction of sp³-hybridized carbons (Fsp3) is 0.600. The second-order valence-corrected chi connectivity index (χ2v) is 5.15. The molecule has 0 amide bonds. The number of methoxy groups -OCH3 is 1. The summed E-state index contributed by atoms with van der Waals surface area (Å²) >= 11 is 0. The van der Waals surface area contributed by atoms with Crippen molar-refractivity contribution >= 4 is 0 Å². The van der Waals surface area contributed by atoms with Crippen LogP contribution >= 0.6 is 0 Å². The Labute approximate surface area is 116 Å². The van der Waals surface area contributed by atoms with E-state index in [2.05, 4.69) is 30.9 Å². The minimum absolute atomic E-state index is 0.303. The third kappa shape index (κ3) is 4.82. The summed E-state index contributed by atoms with van der Waals surface area (Å²) in [6.07, 6.45) is 0.449. The third-order valence-corrected chi connectivity index (χ3v) is 3.45. The predicted molar refractivity (Wildman–Crippen MR) is 78.7 cm³/mol. The first-order valence-electron chi connectivity index (χ1n) is 6.68. The van der Waals surface area contributed by atoms with Gasteiger partial charge in [0, 0.05) is 19.6 Å². The quantitative estimate of drug-likeness (QED) is 0.776. The van der Waals surface area contributed by atoms with Crippen molar-refractivity contribution in [3.63, 3.8) is 0 Å². The molecule has 0 bridgehead atoms. The van der Waals surface area contributed by atoms with Gasteiger partial charge in [0.2, 0.25) is 0 Å². The lowest BCUT2D eigenvalue weighted by atomic mass is 10.0. The Kier molecular flexibility index (Phi) is 6.28. The number of likely N-dealkylation sites (N-methyl/N-ethyl adjacent to an activating group) is 1. The molecule has 0 aliphatic rings. The summed E-state index contributed by atoms with van der Waals surface area (Å²) < 4.78 is 5.43. The molecule has 0 heterocycles. The Hall–Kier alpha value is -1.10. The fourth-order valence-electron chi connectivity index (χ4n) is 2.07. The molecule has 1 aromatic rings. The first-order chi connectivity index (χ1) is 8.97. The summed E-state index contributed by atoms with van der Waals surface area (Å²) in [4.78, 5) is 2.09. The number of hydrogen-bond donors (Lipinski definition) is 2.